The summed E-state index contributed by atoms with van der Waals surface area (Å²) < 4.78 is 5.75. The Hall–Kier alpha value is -2.37. The van der Waals surface area contributed by atoms with E-state index in [1.54, 1.807) is 0 Å². The summed E-state index contributed by atoms with van der Waals surface area (Å²) >= 11 is 0. The van der Waals surface area contributed by atoms with Crippen LogP contribution >= 0.6 is 0 Å². The second kappa shape index (κ2) is 8.47. The number of hydrogen-bond donors (Lipinski definition) is 2. The molecular formula is C19H23N3O2. The molecule has 126 valence electrons. The van der Waals surface area contributed by atoms with Gasteiger partial charge in [-0.15, -0.1) is 0 Å². The fourth-order valence-corrected chi connectivity index (χ4v) is 2.65. The normalized spacial score (nSPS) is 15.0. The number of carbonyl (C=O) groups excluding carboxylic acids is 1. The van der Waals surface area contributed by atoms with Crippen LogP contribution in [0.25, 0.3) is 0 Å². The molecule has 5 heteroatoms. The molecule has 1 heterocycles. The van der Waals surface area contributed by atoms with Gasteiger partial charge in [-0.1, -0.05) is 30.3 Å². The molecule has 24 heavy (non-hydrogen) atoms. The molecule has 2 aromatic carbocycles. The van der Waals surface area contributed by atoms with Crippen molar-refractivity contribution in [2.75, 3.05) is 38.0 Å². The Kier molecular flexibility index (Phi) is 5.82. The Labute approximate surface area is 142 Å². The van der Waals surface area contributed by atoms with Crippen molar-refractivity contribution in [3.63, 3.8) is 0 Å². The number of ether oxygens (including phenoxy) is 1. The van der Waals surface area contributed by atoms with E-state index in [-0.39, 0.29) is 5.91 Å². The van der Waals surface area contributed by atoms with Crippen LogP contribution in [-0.4, -0.2) is 43.5 Å². The molecule has 0 spiro atoms. The zero-order chi connectivity index (χ0) is 16.6. The molecule has 2 N–H and O–H groups in total. The third kappa shape index (κ3) is 5.08. The molecule has 1 aliphatic heterocycles. The summed E-state index contributed by atoms with van der Waals surface area (Å²) in [6, 6.07) is 17.5. The highest BCUT2D eigenvalue weighted by Gasteiger charge is 2.13. The van der Waals surface area contributed by atoms with Crippen molar-refractivity contribution in [1.82, 2.24) is 10.2 Å². The Morgan fingerprint density at radius 2 is 1.75 bits per heavy atom. The van der Waals surface area contributed by atoms with Gasteiger partial charge in [0.15, 0.2) is 0 Å². The van der Waals surface area contributed by atoms with Gasteiger partial charge < -0.3 is 15.4 Å². The zero-order valence-corrected chi connectivity index (χ0v) is 13.7. The highest BCUT2D eigenvalue weighted by atomic mass is 16.5. The standard InChI is InChI=1S/C19H23N3O2/c23-19(14-22-12-10-20-11-13-22)21-17-6-8-18(9-7-17)24-15-16-4-2-1-3-5-16/h1-9,20H,10-15H2,(H,21,23). The number of nitrogens with zero attached hydrogens (tertiary/aromatic N) is 1. The van der Waals surface area contributed by atoms with E-state index in [2.05, 4.69) is 15.5 Å². The van der Waals surface area contributed by atoms with Crippen molar-refractivity contribution in [3.8, 4) is 5.75 Å². The van der Waals surface area contributed by atoms with E-state index in [4.69, 9.17) is 4.74 Å². The molecule has 0 atom stereocenters. The lowest BCUT2D eigenvalue weighted by atomic mass is 10.2. The highest BCUT2D eigenvalue weighted by Crippen LogP contribution is 2.17. The van der Waals surface area contributed by atoms with Crippen LogP contribution in [0.2, 0.25) is 0 Å². The van der Waals surface area contributed by atoms with E-state index in [0.29, 0.717) is 13.2 Å². The van der Waals surface area contributed by atoms with Gasteiger partial charge in [0, 0.05) is 31.9 Å². The molecule has 2 aromatic rings. The molecule has 0 aliphatic carbocycles. The van der Waals surface area contributed by atoms with Gasteiger partial charge in [0.1, 0.15) is 12.4 Å². The van der Waals surface area contributed by atoms with Crippen LogP contribution in [0.15, 0.2) is 54.6 Å². The maximum absolute atomic E-state index is 12.1. The number of piperazine rings is 1. The Balaban J connectivity index is 1.46. The van der Waals surface area contributed by atoms with Gasteiger partial charge in [-0.25, -0.2) is 0 Å². The molecule has 1 saturated heterocycles. The molecule has 0 bridgehead atoms. The molecule has 1 aliphatic rings. The van der Waals surface area contributed by atoms with Crippen LogP contribution in [0.5, 0.6) is 5.75 Å². The van der Waals surface area contributed by atoms with E-state index in [0.717, 1.165) is 43.2 Å². The van der Waals surface area contributed by atoms with Crippen LogP contribution in [0.3, 0.4) is 0 Å². The van der Waals surface area contributed by atoms with Gasteiger partial charge >= 0.3 is 0 Å². The second-order valence-electron chi connectivity index (χ2n) is 5.87. The molecule has 1 fully saturated rings. The summed E-state index contributed by atoms with van der Waals surface area (Å²) in [5, 5.41) is 6.21. The van der Waals surface area contributed by atoms with Crippen LogP contribution in [0.1, 0.15) is 5.56 Å². The van der Waals surface area contributed by atoms with Gasteiger partial charge in [0.05, 0.1) is 6.54 Å². The van der Waals surface area contributed by atoms with Crippen molar-refractivity contribution in [2.24, 2.45) is 0 Å². The van der Waals surface area contributed by atoms with Crippen molar-refractivity contribution < 1.29 is 9.53 Å². The average molecular weight is 325 g/mol. The number of amides is 1. The molecule has 5 nitrogen and oxygen atoms in total. The lowest BCUT2D eigenvalue weighted by Gasteiger charge is -2.26. The first kappa shape index (κ1) is 16.5. The Bertz CT molecular complexity index is 637. The van der Waals surface area contributed by atoms with E-state index in [9.17, 15) is 4.79 Å². The number of benzene rings is 2. The summed E-state index contributed by atoms with van der Waals surface area (Å²) in [5.74, 6) is 0.814. The molecular weight excluding hydrogens is 302 g/mol. The first-order valence-electron chi connectivity index (χ1n) is 8.29. The molecule has 3 rings (SSSR count). The lowest BCUT2D eigenvalue weighted by Crippen LogP contribution is -2.46. The number of anilines is 1. The quantitative estimate of drug-likeness (QED) is 0.854. The second-order valence-corrected chi connectivity index (χ2v) is 5.87. The minimum atomic E-state index is 0.0230. The topological polar surface area (TPSA) is 53.6 Å². The van der Waals surface area contributed by atoms with Gasteiger partial charge in [0.2, 0.25) is 5.91 Å². The number of hydrogen-bond acceptors (Lipinski definition) is 4. The number of nitrogens with one attached hydrogen (secondary N) is 2. The molecule has 0 radical (unpaired) electrons. The van der Waals surface area contributed by atoms with Gasteiger partial charge in [-0.05, 0) is 29.8 Å². The third-order valence-corrected chi connectivity index (χ3v) is 3.96. The SMILES string of the molecule is O=C(CN1CCNCC1)Nc1ccc(OCc2ccccc2)cc1. The van der Waals surface area contributed by atoms with E-state index in [1.807, 2.05) is 54.6 Å². The summed E-state index contributed by atoms with van der Waals surface area (Å²) in [6.07, 6.45) is 0. The molecule has 0 saturated carbocycles. The van der Waals surface area contributed by atoms with E-state index < -0.39 is 0 Å². The summed E-state index contributed by atoms with van der Waals surface area (Å²) in [6.45, 7) is 4.70. The van der Waals surface area contributed by atoms with Crippen molar-refractivity contribution in [2.45, 2.75) is 6.61 Å². The summed E-state index contributed by atoms with van der Waals surface area (Å²) in [4.78, 5) is 14.2. The van der Waals surface area contributed by atoms with Crippen LogP contribution in [-0.2, 0) is 11.4 Å². The van der Waals surface area contributed by atoms with E-state index in [1.165, 1.54) is 0 Å². The van der Waals surface area contributed by atoms with Gasteiger partial charge in [0.25, 0.3) is 0 Å². The average Bonchev–Trinajstić information content (AvgIpc) is 2.63. The maximum Gasteiger partial charge on any atom is 0.238 e. The first-order valence-corrected chi connectivity index (χ1v) is 8.29. The zero-order valence-electron chi connectivity index (χ0n) is 13.7. The van der Waals surface area contributed by atoms with Crippen molar-refractivity contribution in [3.05, 3.63) is 60.2 Å². The number of carbonyl (C=O) groups is 1. The Morgan fingerprint density at radius 1 is 1.04 bits per heavy atom. The maximum atomic E-state index is 12.1. The van der Waals surface area contributed by atoms with Crippen molar-refractivity contribution in [1.29, 1.82) is 0 Å². The Morgan fingerprint density at radius 3 is 2.46 bits per heavy atom. The predicted molar refractivity (Wildman–Crippen MR) is 95.2 cm³/mol. The lowest BCUT2D eigenvalue weighted by molar-refractivity contribution is -0.117. The van der Waals surface area contributed by atoms with Crippen LogP contribution < -0.4 is 15.4 Å². The molecule has 0 unspecified atom stereocenters. The van der Waals surface area contributed by atoms with E-state index >= 15 is 0 Å². The minimum absolute atomic E-state index is 0.0230. The highest BCUT2D eigenvalue weighted by molar-refractivity contribution is 5.92. The molecule has 1 amide bonds. The van der Waals surface area contributed by atoms with Gasteiger partial charge in [-0.3, -0.25) is 9.69 Å². The summed E-state index contributed by atoms with van der Waals surface area (Å²) in [7, 11) is 0. The fourth-order valence-electron chi connectivity index (χ4n) is 2.65. The summed E-state index contributed by atoms with van der Waals surface area (Å²) in [5.41, 5.74) is 1.92. The van der Waals surface area contributed by atoms with Gasteiger partial charge in [-0.2, -0.15) is 0 Å². The minimum Gasteiger partial charge on any atom is -0.489 e. The first-order chi connectivity index (χ1) is 11.8. The van der Waals surface area contributed by atoms with Crippen LogP contribution in [0.4, 0.5) is 5.69 Å². The fraction of sp³-hybridized carbons (Fsp3) is 0.316. The largest absolute Gasteiger partial charge is 0.489 e. The monoisotopic (exact) mass is 325 g/mol. The van der Waals surface area contributed by atoms with Crippen LogP contribution in [0, 0.1) is 0 Å². The smallest absolute Gasteiger partial charge is 0.238 e. The third-order valence-electron chi connectivity index (χ3n) is 3.96. The van der Waals surface area contributed by atoms with Crippen molar-refractivity contribution >= 4 is 11.6 Å². The number of rotatable bonds is 6. The molecule has 0 aromatic heterocycles. The predicted octanol–water partition coefficient (Wildman–Crippen LogP) is 2.11.